The molecule has 134 valence electrons. The Bertz CT molecular complexity index is 1030. The highest BCUT2D eigenvalue weighted by atomic mass is 32.2. The minimum atomic E-state index is -0.342. The van der Waals surface area contributed by atoms with E-state index in [-0.39, 0.29) is 23.5 Å². The summed E-state index contributed by atoms with van der Waals surface area (Å²) in [6.45, 7) is 0.0587. The van der Waals surface area contributed by atoms with Crippen LogP contribution in [-0.2, 0) is 11.3 Å². The molecule has 0 saturated carbocycles. The van der Waals surface area contributed by atoms with Gasteiger partial charge in [0.25, 0.3) is 11.1 Å². The number of aromatic nitrogens is 2. The Balaban J connectivity index is 1.55. The van der Waals surface area contributed by atoms with Crippen LogP contribution in [0.3, 0.4) is 0 Å². The van der Waals surface area contributed by atoms with Gasteiger partial charge in [-0.2, -0.15) is 0 Å². The third-order valence-electron chi connectivity index (χ3n) is 3.83. The van der Waals surface area contributed by atoms with Crippen molar-refractivity contribution in [3.8, 4) is 11.4 Å². The van der Waals surface area contributed by atoms with Gasteiger partial charge in [0.05, 0.1) is 17.1 Å². The van der Waals surface area contributed by atoms with Crippen LogP contribution < -0.4 is 0 Å². The van der Waals surface area contributed by atoms with Crippen molar-refractivity contribution in [3.05, 3.63) is 75.3 Å². The van der Waals surface area contributed by atoms with Crippen molar-refractivity contribution < 1.29 is 14.0 Å². The first-order chi connectivity index (χ1) is 13.1. The van der Waals surface area contributed by atoms with Crippen LogP contribution in [0.15, 0.2) is 58.9 Å². The second kappa shape index (κ2) is 7.42. The molecule has 5 nitrogen and oxygen atoms in total. The quantitative estimate of drug-likeness (QED) is 0.603. The highest BCUT2D eigenvalue weighted by molar-refractivity contribution is 8.18. The molecule has 0 N–H and O–H groups in total. The molecule has 2 aromatic heterocycles. The number of hydrogen-bond acceptors (Lipinski definition) is 6. The maximum absolute atomic E-state index is 13.1. The van der Waals surface area contributed by atoms with Crippen molar-refractivity contribution in [3.63, 3.8) is 0 Å². The lowest BCUT2D eigenvalue weighted by Crippen LogP contribution is -2.28. The number of halogens is 1. The van der Waals surface area contributed by atoms with Gasteiger partial charge in [-0.25, -0.2) is 14.4 Å². The summed E-state index contributed by atoms with van der Waals surface area (Å²) in [4.78, 5) is 35.9. The Hall–Kier alpha value is -2.84. The van der Waals surface area contributed by atoms with Crippen molar-refractivity contribution in [2.45, 2.75) is 6.54 Å². The molecule has 27 heavy (non-hydrogen) atoms. The number of thioether (sulfide) groups is 1. The topological polar surface area (TPSA) is 63.2 Å². The van der Waals surface area contributed by atoms with E-state index in [0.717, 1.165) is 16.6 Å². The number of nitrogens with zero attached hydrogens (tertiary/aromatic N) is 3. The number of amides is 2. The normalized spacial score (nSPS) is 15.7. The highest BCUT2D eigenvalue weighted by Crippen LogP contribution is 2.33. The van der Waals surface area contributed by atoms with E-state index in [4.69, 9.17) is 0 Å². The summed E-state index contributed by atoms with van der Waals surface area (Å²) in [6.07, 6.45) is 3.28. The van der Waals surface area contributed by atoms with Gasteiger partial charge in [0.15, 0.2) is 5.82 Å². The maximum Gasteiger partial charge on any atom is 0.293 e. The van der Waals surface area contributed by atoms with E-state index in [0.29, 0.717) is 22.0 Å². The lowest BCUT2D eigenvalue weighted by atomic mass is 10.2. The maximum atomic E-state index is 13.1. The average Bonchev–Trinajstić information content (AvgIpc) is 3.27. The third kappa shape index (κ3) is 3.81. The molecule has 1 aromatic carbocycles. The predicted octanol–water partition coefficient (Wildman–Crippen LogP) is 4.58. The summed E-state index contributed by atoms with van der Waals surface area (Å²) in [5, 5.41) is 1.58. The van der Waals surface area contributed by atoms with Crippen molar-refractivity contribution in [2.75, 3.05) is 0 Å². The number of thiophene rings is 1. The third-order valence-corrected chi connectivity index (χ3v) is 5.55. The molecule has 8 heteroatoms. The molecule has 0 unspecified atom stereocenters. The first-order valence-electron chi connectivity index (χ1n) is 7.97. The van der Waals surface area contributed by atoms with E-state index in [1.165, 1.54) is 28.4 Å². The lowest BCUT2D eigenvalue weighted by Gasteiger charge is -2.12. The van der Waals surface area contributed by atoms with Gasteiger partial charge >= 0.3 is 0 Å². The van der Waals surface area contributed by atoms with E-state index in [1.807, 2.05) is 17.5 Å². The fourth-order valence-corrected chi connectivity index (χ4v) is 4.08. The molecule has 1 aliphatic heterocycles. The molecule has 2 amide bonds. The van der Waals surface area contributed by atoms with E-state index in [1.54, 1.807) is 30.5 Å². The minimum Gasteiger partial charge on any atom is -0.268 e. The number of benzene rings is 1. The summed E-state index contributed by atoms with van der Waals surface area (Å²) in [5.41, 5.74) is 1.19. The predicted molar refractivity (Wildman–Crippen MR) is 103 cm³/mol. The fourth-order valence-electron chi connectivity index (χ4n) is 2.52. The zero-order chi connectivity index (χ0) is 18.8. The van der Waals surface area contributed by atoms with Crippen molar-refractivity contribution in [1.82, 2.24) is 14.9 Å². The molecule has 4 rings (SSSR count). The molecule has 3 aromatic rings. The Morgan fingerprint density at radius 1 is 1.11 bits per heavy atom. The SMILES string of the molecule is O=C1S/C(=C/c2cccs2)C(=O)N1Cc1ccnc(-c2ccc(F)cc2)n1. The van der Waals surface area contributed by atoms with Gasteiger partial charge in [-0.3, -0.25) is 14.5 Å². The molecule has 1 aliphatic rings. The van der Waals surface area contributed by atoms with Gasteiger partial charge in [0, 0.05) is 16.6 Å². The first-order valence-corrected chi connectivity index (χ1v) is 9.66. The number of imide groups is 1. The number of rotatable bonds is 4. The van der Waals surface area contributed by atoms with E-state index >= 15 is 0 Å². The highest BCUT2D eigenvalue weighted by Gasteiger charge is 2.35. The van der Waals surface area contributed by atoms with Crippen LogP contribution in [0.25, 0.3) is 17.5 Å². The number of carbonyl (C=O) groups is 2. The number of carbonyl (C=O) groups excluding carboxylic acids is 2. The van der Waals surface area contributed by atoms with Crippen LogP contribution in [0.4, 0.5) is 9.18 Å². The van der Waals surface area contributed by atoms with Gasteiger partial charge in [-0.15, -0.1) is 11.3 Å². The summed E-state index contributed by atoms with van der Waals surface area (Å²) in [5.74, 6) is -0.265. The Morgan fingerprint density at radius 3 is 2.67 bits per heavy atom. The Morgan fingerprint density at radius 2 is 1.93 bits per heavy atom. The average molecular weight is 397 g/mol. The van der Waals surface area contributed by atoms with Crippen LogP contribution >= 0.6 is 23.1 Å². The van der Waals surface area contributed by atoms with E-state index in [9.17, 15) is 14.0 Å². The van der Waals surface area contributed by atoms with Crippen LogP contribution in [0.2, 0.25) is 0 Å². The fraction of sp³-hybridized carbons (Fsp3) is 0.0526. The van der Waals surface area contributed by atoms with Crippen molar-refractivity contribution in [1.29, 1.82) is 0 Å². The monoisotopic (exact) mass is 397 g/mol. The standard InChI is InChI=1S/C19H12FN3O2S2/c20-13-5-3-12(4-6-13)17-21-8-7-14(22-17)11-23-18(24)16(27-19(23)25)10-15-2-1-9-26-15/h1-10H,11H2/b16-10+. The van der Waals surface area contributed by atoms with E-state index < -0.39 is 0 Å². The molecule has 0 atom stereocenters. The molecule has 0 bridgehead atoms. The molecule has 3 heterocycles. The van der Waals surface area contributed by atoms with Gasteiger partial charge in [-0.05, 0) is 59.6 Å². The smallest absolute Gasteiger partial charge is 0.268 e. The van der Waals surface area contributed by atoms with Crippen LogP contribution in [-0.4, -0.2) is 26.0 Å². The summed E-state index contributed by atoms with van der Waals surface area (Å²) in [6, 6.07) is 11.3. The summed E-state index contributed by atoms with van der Waals surface area (Å²) in [7, 11) is 0. The Labute approximate surface area is 162 Å². The minimum absolute atomic E-state index is 0.0587. The second-order valence-corrected chi connectivity index (χ2v) is 7.63. The van der Waals surface area contributed by atoms with Crippen molar-refractivity contribution >= 4 is 40.3 Å². The van der Waals surface area contributed by atoms with Crippen molar-refractivity contribution in [2.24, 2.45) is 0 Å². The molecule has 0 spiro atoms. The van der Waals surface area contributed by atoms with Gasteiger partial charge in [-0.1, -0.05) is 6.07 Å². The molecule has 1 fully saturated rings. The Kier molecular flexibility index (Phi) is 4.83. The van der Waals surface area contributed by atoms with Crippen LogP contribution in [0.5, 0.6) is 0 Å². The largest absolute Gasteiger partial charge is 0.293 e. The molecule has 1 saturated heterocycles. The van der Waals surface area contributed by atoms with Gasteiger partial charge in [0.2, 0.25) is 0 Å². The number of hydrogen-bond donors (Lipinski definition) is 0. The molecular weight excluding hydrogens is 385 g/mol. The summed E-state index contributed by atoms with van der Waals surface area (Å²) < 4.78 is 13.1. The first kappa shape index (κ1) is 17.6. The molecule has 0 aliphatic carbocycles. The second-order valence-electron chi connectivity index (χ2n) is 5.66. The summed E-state index contributed by atoms with van der Waals surface area (Å²) >= 11 is 2.42. The van der Waals surface area contributed by atoms with Gasteiger partial charge in [0.1, 0.15) is 5.82 Å². The van der Waals surface area contributed by atoms with Crippen LogP contribution in [0, 0.1) is 5.82 Å². The molecular formula is C19H12FN3O2S2. The van der Waals surface area contributed by atoms with Gasteiger partial charge < -0.3 is 0 Å². The van der Waals surface area contributed by atoms with Crippen LogP contribution in [0.1, 0.15) is 10.6 Å². The zero-order valence-electron chi connectivity index (χ0n) is 13.8. The molecule has 0 radical (unpaired) electrons. The lowest BCUT2D eigenvalue weighted by molar-refractivity contribution is -0.123. The van der Waals surface area contributed by atoms with E-state index in [2.05, 4.69) is 9.97 Å². The zero-order valence-corrected chi connectivity index (χ0v) is 15.5.